The number of rotatable bonds is 6. The molecule has 0 aliphatic carbocycles. The number of nitrogens with zero attached hydrogens (tertiary/aromatic N) is 1. The van der Waals surface area contributed by atoms with Gasteiger partial charge in [0.1, 0.15) is 12.4 Å². The van der Waals surface area contributed by atoms with Crippen LogP contribution in [0.5, 0.6) is 11.5 Å². The minimum absolute atomic E-state index is 0.0459. The van der Waals surface area contributed by atoms with E-state index in [0.717, 1.165) is 22.4 Å². The molecule has 0 unspecified atom stereocenters. The molecule has 4 nitrogen and oxygen atoms in total. The van der Waals surface area contributed by atoms with Crippen LogP contribution in [0.4, 0.5) is 10.1 Å². The second-order valence-corrected chi connectivity index (χ2v) is 9.79. The summed E-state index contributed by atoms with van der Waals surface area (Å²) in [5.41, 5.74) is 3.90. The van der Waals surface area contributed by atoms with Gasteiger partial charge < -0.3 is 9.47 Å². The zero-order valence-corrected chi connectivity index (χ0v) is 21.1. The first kappa shape index (κ1) is 24.3. The molecule has 0 spiro atoms. The SMILES string of the molecule is COc1cc(/C=C2/SC(=S)N(c3ccc(C)cc3C)C2=O)ccc1OCc1c(F)cccc1Cl. The molecular weight excluding hydrogens is 493 g/mol. The van der Waals surface area contributed by atoms with Crippen molar-refractivity contribution >= 4 is 57.6 Å². The van der Waals surface area contributed by atoms with Gasteiger partial charge in [0.25, 0.3) is 5.91 Å². The van der Waals surface area contributed by atoms with E-state index in [0.29, 0.717) is 25.7 Å². The average molecular weight is 514 g/mol. The normalized spacial score (nSPS) is 14.7. The van der Waals surface area contributed by atoms with Crippen molar-refractivity contribution in [3.63, 3.8) is 0 Å². The van der Waals surface area contributed by atoms with Gasteiger partial charge in [-0.15, -0.1) is 0 Å². The van der Waals surface area contributed by atoms with Gasteiger partial charge in [0.2, 0.25) is 0 Å². The number of thioether (sulfide) groups is 1. The molecule has 1 heterocycles. The summed E-state index contributed by atoms with van der Waals surface area (Å²) in [5, 5.41) is 0.293. The van der Waals surface area contributed by atoms with Crippen LogP contribution in [0.3, 0.4) is 0 Å². The molecule has 3 aromatic rings. The Bertz CT molecular complexity index is 1310. The first-order chi connectivity index (χ1) is 16.3. The third-order valence-corrected chi connectivity index (χ3v) is 6.96. The molecule has 0 aromatic heterocycles. The van der Waals surface area contributed by atoms with Gasteiger partial charge >= 0.3 is 0 Å². The Kier molecular flexibility index (Phi) is 7.26. The Labute approximate surface area is 212 Å². The Morgan fingerprint density at radius 2 is 1.91 bits per heavy atom. The van der Waals surface area contributed by atoms with Gasteiger partial charge in [-0.3, -0.25) is 9.69 Å². The second kappa shape index (κ2) is 10.2. The molecule has 0 radical (unpaired) electrons. The molecule has 1 saturated heterocycles. The van der Waals surface area contributed by atoms with Crippen LogP contribution in [0.25, 0.3) is 6.08 Å². The fourth-order valence-corrected chi connectivity index (χ4v) is 5.10. The number of hydrogen-bond acceptors (Lipinski definition) is 5. The summed E-state index contributed by atoms with van der Waals surface area (Å²) in [7, 11) is 1.52. The monoisotopic (exact) mass is 513 g/mol. The van der Waals surface area contributed by atoms with E-state index < -0.39 is 5.82 Å². The van der Waals surface area contributed by atoms with Crippen LogP contribution in [0.15, 0.2) is 59.5 Å². The topological polar surface area (TPSA) is 38.8 Å². The number of amides is 1. The highest BCUT2D eigenvalue weighted by atomic mass is 35.5. The van der Waals surface area contributed by atoms with Crippen LogP contribution >= 0.6 is 35.6 Å². The maximum Gasteiger partial charge on any atom is 0.270 e. The molecule has 1 amide bonds. The summed E-state index contributed by atoms with van der Waals surface area (Å²) in [6.45, 7) is 3.92. The highest BCUT2D eigenvalue weighted by Gasteiger charge is 2.34. The first-order valence-electron chi connectivity index (χ1n) is 10.4. The van der Waals surface area contributed by atoms with E-state index >= 15 is 0 Å². The van der Waals surface area contributed by atoms with E-state index in [9.17, 15) is 9.18 Å². The van der Waals surface area contributed by atoms with Crippen molar-refractivity contribution in [2.75, 3.05) is 12.0 Å². The lowest BCUT2D eigenvalue weighted by atomic mass is 10.1. The molecule has 174 valence electrons. The third-order valence-electron chi connectivity index (χ3n) is 5.31. The van der Waals surface area contributed by atoms with Gasteiger partial charge in [0.15, 0.2) is 15.8 Å². The fraction of sp³-hybridized carbons (Fsp3) is 0.154. The zero-order valence-electron chi connectivity index (χ0n) is 18.7. The molecule has 3 aromatic carbocycles. The summed E-state index contributed by atoms with van der Waals surface area (Å²) in [5.74, 6) is 0.275. The molecule has 1 aliphatic heterocycles. The number of methoxy groups -OCH3 is 1. The predicted octanol–water partition coefficient (Wildman–Crippen LogP) is 7.09. The highest BCUT2D eigenvalue weighted by Crippen LogP contribution is 2.38. The summed E-state index contributed by atoms with van der Waals surface area (Å²) >= 11 is 12.8. The van der Waals surface area contributed by atoms with Crippen LogP contribution < -0.4 is 14.4 Å². The lowest BCUT2D eigenvalue weighted by Gasteiger charge is -2.17. The summed E-state index contributed by atoms with van der Waals surface area (Å²) in [6.07, 6.45) is 1.77. The average Bonchev–Trinajstić information content (AvgIpc) is 3.07. The van der Waals surface area contributed by atoms with Gasteiger partial charge in [0.05, 0.1) is 22.7 Å². The first-order valence-corrected chi connectivity index (χ1v) is 12.0. The molecule has 1 fully saturated rings. The van der Waals surface area contributed by atoms with Crippen molar-refractivity contribution in [2.24, 2.45) is 0 Å². The molecule has 0 N–H and O–H groups in total. The van der Waals surface area contributed by atoms with E-state index in [1.165, 1.54) is 24.9 Å². The van der Waals surface area contributed by atoms with Crippen molar-refractivity contribution in [1.29, 1.82) is 0 Å². The van der Waals surface area contributed by atoms with Gasteiger partial charge in [-0.05, 0) is 61.4 Å². The molecule has 1 aliphatic rings. The van der Waals surface area contributed by atoms with Crippen molar-refractivity contribution in [3.05, 3.63) is 92.6 Å². The van der Waals surface area contributed by atoms with Crippen molar-refractivity contribution in [3.8, 4) is 11.5 Å². The molecular formula is C26H21ClFNO3S2. The molecule has 8 heteroatoms. The molecule has 34 heavy (non-hydrogen) atoms. The van der Waals surface area contributed by atoms with E-state index in [1.807, 2.05) is 32.0 Å². The van der Waals surface area contributed by atoms with Crippen molar-refractivity contribution in [2.45, 2.75) is 20.5 Å². The van der Waals surface area contributed by atoms with E-state index in [2.05, 4.69) is 0 Å². The van der Waals surface area contributed by atoms with Crippen molar-refractivity contribution in [1.82, 2.24) is 0 Å². The summed E-state index contributed by atoms with van der Waals surface area (Å²) in [6, 6.07) is 15.6. The maximum absolute atomic E-state index is 14.0. The van der Waals surface area contributed by atoms with Crippen LogP contribution in [-0.2, 0) is 11.4 Å². The molecule has 0 atom stereocenters. The number of carbonyl (C=O) groups is 1. The van der Waals surface area contributed by atoms with E-state index in [-0.39, 0.29) is 18.1 Å². The quantitative estimate of drug-likeness (QED) is 0.260. The lowest BCUT2D eigenvalue weighted by molar-refractivity contribution is -0.113. The van der Waals surface area contributed by atoms with Gasteiger partial charge in [-0.25, -0.2) is 4.39 Å². The predicted molar refractivity (Wildman–Crippen MR) is 140 cm³/mol. The number of halogens is 2. The van der Waals surface area contributed by atoms with Crippen LogP contribution in [0.2, 0.25) is 5.02 Å². The number of ether oxygens (including phenoxy) is 2. The van der Waals surface area contributed by atoms with E-state index in [1.54, 1.807) is 41.3 Å². The number of anilines is 1. The number of aryl methyl sites for hydroxylation is 2. The highest BCUT2D eigenvalue weighted by molar-refractivity contribution is 8.27. The molecule has 0 saturated carbocycles. The Hall–Kier alpha value is -2.87. The minimum Gasteiger partial charge on any atom is -0.493 e. The van der Waals surface area contributed by atoms with Crippen LogP contribution in [0.1, 0.15) is 22.3 Å². The number of benzene rings is 3. The van der Waals surface area contributed by atoms with E-state index in [4.69, 9.17) is 33.3 Å². The Morgan fingerprint density at radius 3 is 2.62 bits per heavy atom. The third kappa shape index (κ3) is 4.97. The lowest BCUT2D eigenvalue weighted by Crippen LogP contribution is -2.28. The van der Waals surface area contributed by atoms with Crippen LogP contribution in [0, 0.1) is 19.7 Å². The van der Waals surface area contributed by atoms with Gasteiger partial charge in [-0.1, -0.05) is 65.4 Å². The Morgan fingerprint density at radius 1 is 1.12 bits per heavy atom. The fourth-order valence-electron chi connectivity index (χ4n) is 3.60. The van der Waals surface area contributed by atoms with Crippen molar-refractivity contribution < 1.29 is 18.7 Å². The minimum atomic E-state index is -0.436. The second-order valence-electron chi connectivity index (χ2n) is 7.71. The number of hydrogen-bond donors (Lipinski definition) is 0. The smallest absolute Gasteiger partial charge is 0.270 e. The van der Waals surface area contributed by atoms with Gasteiger partial charge in [0, 0.05) is 5.56 Å². The molecule has 0 bridgehead atoms. The largest absolute Gasteiger partial charge is 0.493 e. The summed E-state index contributed by atoms with van der Waals surface area (Å²) in [4.78, 5) is 15.2. The van der Waals surface area contributed by atoms with Crippen LogP contribution in [-0.4, -0.2) is 17.3 Å². The van der Waals surface area contributed by atoms with Gasteiger partial charge in [-0.2, -0.15) is 0 Å². The maximum atomic E-state index is 14.0. The Balaban J connectivity index is 1.56. The standard InChI is InChI=1S/C26H21ClFNO3S2/c1-15-7-9-21(16(2)11-15)29-25(30)24(34-26(29)33)13-17-8-10-22(23(12-17)31-3)32-14-18-19(27)5-4-6-20(18)28/h4-13H,14H2,1-3H3/b24-13+. The number of carbonyl (C=O) groups excluding carboxylic acids is 1. The summed E-state index contributed by atoms with van der Waals surface area (Å²) < 4.78 is 25.7. The molecule has 4 rings (SSSR count). The zero-order chi connectivity index (χ0) is 24.4. The number of thiocarbonyl (C=S) groups is 1.